The molecule has 0 amide bonds. The molecule has 4 nitrogen and oxygen atoms in total. The fourth-order valence-corrected chi connectivity index (χ4v) is 2.25. The van der Waals surface area contributed by atoms with Gasteiger partial charge < -0.3 is 9.84 Å². The molecule has 1 N–H and O–H groups in total. The molecule has 1 unspecified atom stereocenters. The van der Waals surface area contributed by atoms with Gasteiger partial charge in [0.2, 0.25) is 0 Å². The Kier molecular flexibility index (Phi) is 2.35. The van der Waals surface area contributed by atoms with Crippen LogP contribution in [-0.2, 0) is 17.4 Å². The molecule has 1 aliphatic heterocycles. The first kappa shape index (κ1) is 10.6. The highest BCUT2D eigenvalue weighted by molar-refractivity contribution is 5.17. The molecule has 2 heterocycles. The molecule has 0 aromatic carbocycles. The normalized spacial score (nSPS) is 30.4. The maximum atomic E-state index is 10.6. The molecule has 15 heavy (non-hydrogen) atoms. The van der Waals surface area contributed by atoms with Crippen molar-refractivity contribution in [3.63, 3.8) is 0 Å². The fraction of sp³-hybridized carbons (Fsp3) is 0.727. The zero-order valence-electron chi connectivity index (χ0n) is 9.53. The average Bonchev–Trinajstić information content (AvgIpc) is 2.49. The Labute approximate surface area is 89.9 Å². The van der Waals surface area contributed by atoms with E-state index in [4.69, 9.17) is 4.74 Å². The van der Waals surface area contributed by atoms with Crippen LogP contribution in [0.1, 0.15) is 32.3 Å². The van der Waals surface area contributed by atoms with Gasteiger partial charge >= 0.3 is 0 Å². The van der Waals surface area contributed by atoms with E-state index in [1.165, 1.54) is 0 Å². The van der Waals surface area contributed by atoms with E-state index < -0.39 is 5.60 Å². The molecule has 1 atom stereocenters. The summed E-state index contributed by atoms with van der Waals surface area (Å²) in [5, 5.41) is 14.7. The lowest BCUT2D eigenvalue weighted by atomic mass is 9.80. The first-order valence-electron chi connectivity index (χ1n) is 5.27. The van der Waals surface area contributed by atoms with Gasteiger partial charge in [-0.25, -0.2) is 0 Å². The van der Waals surface area contributed by atoms with Gasteiger partial charge in [0.15, 0.2) is 0 Å². The van der Waals surface area contributed by atoms with Crippen molar-refractivity contribution in [1.82, 2.24) is 9.78 Å². The highest BCUT2D eigenvalue weighted by Gasteiger charge is 2.41. The number of hydrogen-bond acceptors (Lipinski definition) is 3. The van der Waals surface area contributed by atoms with Crippen LogP contribution in [0.5, 0.6) is 0 Å². The topological polar surface area (TPSA) is 47.3 Å². The van der Waals surface area contributed by atoms with Crippen molar-refractivity contribution in [2.45, 2.75) is 37.9 Å². The van der Waals surface area contributed by atoms with E-state index in [1.54, 1.807) is 10.9 Å². The standard InChI is InChI=1S/C11H18N2O2/c1-10(2)8-11(14,4-5-15-10)9-6-12-13(3)7-9/h6-7,14H,4-5,8H2,1-3H3. The Bertz CT molecular complexity index is 359. The third-order valence-electron chi connectivity index (χ3n) is 2.97. The van der Waals surface area contributed by atoms with Crippen molar-refractivity contribution in [2.75, 3.05) is 6.61 Å². The summed E-state index contributed by atoms with van der Waals surface area (Å²) in [5.74, 6) is 0. The molecular formula is C11H18N2O2. The van der Waals surface area contributed by atoms with Crippen molar-refractivity contribution in [2.24, 2.45) is 7.05 Å². The third-order valence-corrected chi connectivity index (χ3v) is 2.97. The number of rotatable bonds is 1. The molecule has 1 aliphatic rings. The second-order valence-electron chi connectivity index (χ2n) is 4.97. The van der Waals surface area contributed by atoms with Gasteiger partial charge in [0.25, 0.3) is 0 Å². The first-order chi connectivity index (χ1) is 6.91. The molecule has 4 heteroatoms. The minimum Gasteiger partial charge on any atom is -0.385 e. The third kappa shape index (κ3) is 2.06. The van der Waals surface area contributed by atoms with Crippen LogP contribution in [0.4, 0.5) is 0 Å². The molecule has 1 aromatic heterocycles. The maximum Gasteiger partial charge on any atom is 0.0975 e. The summed E-state index contributed by atoms with van der Waals surface area (Å²) in [4.78, 5) is 0. The summed E-state index contributed by atoms with van der Waals surface area (Å²) < 4.78 is 7.32. The van der Waals surface area contributed by atoms with Gasteiger partial charge in [-0.2, -0.15) is 5.10 Å². The Hall–Kier alpha value is -0.870. The van der Waals surface area contributed by atoms with Gasteiger partial charge in [-0.15, -0.1) is 0 Å². The fourth-order valence-electron chi connectivity index (χ4n) is 2.25. The van der Waals surface area contributed by atoms with E-state index >= 15 is 0 Å². The summed E-state index contributed by atoms with van der Waals surface area (Å²) in [5.41, 5.74) is -0.153. The molecule has 1 fully saturated rings. The predicted molar refractivity (Wildman–Crippen MR) is 56.4 cm³/mol. The van der Waals surface area contributed by atoms with Crippen LogP contribution in [-0.4, -0.2) is 27.1 Å². The van der Waals surface area contributed by atoms with Gasteiger partial charge in [0, 0.05) is 31.6 Å². The molecule has 0 saturated carbocycles. The number of aryl methyl sites for hydroxylation is 1. The predicted octanol–water partition coefficient (Wildman–Crippen LogP) is 1.20. The van der Waals surface area contributed by atoms with Crippen molar-refractivity contribution in [3.8, 4) is 0 Å². The molecule has 0 spiro atoms. The molecule has 2 rings (SSSR count). The summed E-state index contributed by atoms with van der Waals surface area (Å²) in [7, 11) is 1.86. The van der Waals surface area contributed by atoms with Crippen LogP contribution < -0.4 is 0 Å². The highest BCUT2D eigenvalue weighted by atomic mass is 16.5. The van der Waals surface area contributed by atoms with Crippen LogP contribution in [0.3, 0.4) is 0 Å². The molecule has 0 bridgehead atoms. The van der Waals surface area contributed by atoms with Crippen LogP contribution in [0.2, 0.25) is 0 Å². The molecule has 1 aromatic rings. The Morgan fingerprint density at radius 1 is 1.53 bits per heavy atom. The van der Waals surface area contributed by atoms with Gasteiger partial charge in [0.05, 0.1) is 24.0 Å². The lowest BCUT2D eigenvalue weighted by molar-refractivity contribution is -0.148. The quantitative estimate of drug-likeness (QED) is 0.757. The maximum absolute atomic E-state index is 10.6. The van der Waals surface area contributed by atoms with Crippen LogP contribution in [0, 0.1) is 0 Å². The SMILES string of the molecule is Cn1cc(C2(O)CCOC(C)(C)C2)cn1. The summed E-state index contributed by atoms with van der Waals surface area (Å²) in [6, 6.07) is 0. The summed E-state index contributed by atoms with van der Waals surface area (Å²) in [6.45, 7) is 4.61. The van der Waals surface area contributed by atoms with Gasteiger partial charge in [-0.1, -0.05) is 0 Å². The van der Waals surface area contributed by atoms with E-state index in [0.29, 0.717) is 19.4 Å². The van der Waals surface area contributed by atoms with Crippen molar-refractivity contribution in [3.05, 3.63) is 18.0 Å². The van der Waals surface area contributed by atoms with E-state index in [9.17, 15) is 5.11 Å². The van der Waals surface area contributed by atoms with E-state index in [2.05, 4.69) is 5.10 Å². The number of ether oxygens (including phenoxy) is 1. The van der Waals surface area contributed by atoms with Gasteiger partial charge in [0.1, 0.15) is 0 Å². The minimum atomic E-state index is -0.782. The van der Waals surface area contributed by atoms with Crippen molar-refractivity contribution in [1.29, 1.82) is 0 Å². The molecule has 1 saturated heterocycles. The molecule has 0 radical (unpaired) electrons. The van der Waals surface area contributed by atoms with Crippen molar-refractivity contribution < 1.29 is 9.84 Å². The van der Waals surface area contributed by atoms with E-state index in [0.717, 1.165) is 5.56 Å². The van der Waals surface area contributed by atoms with Gasteiger partial charge in [-0.05, 0) is 13.8 Å². The number of aliphatic hydroxyl groups is 1. The number of nitrogens with zero attached hydrogens (tertiary/aromatic N) is 2. The average molecular weight is 210 g/mol. The molecule has 84 valence electrons. The second-order valence-corrected chi connectivity index (χ2v) is 4.97. The zero-order chi connectivity index (χ0) is 11.1. The number of aromatic nitrogens is 2. The lowest BCUT2D eigenvalue weighted by Gasteiger charge is -2.41. The van der Waals surface area contributed by atoms with Crippen molar-refractivity contribution >= 4 is 0 Å². The largest absolute Gasteiger partial charge is 0.385 e. The number of hydrogen-bond donors (Lipinski definition) is 1. The Morgan fingerprint density at radius 2 is 2.27 bits per heavy atom. The smallest absolute Gasteiger partial charge is 0.0975 e. The monoisotopic (exact) mass is 210 g/mol. The Balaban J connectivity index is 2.26. The first-order valence-corrected chi connectivity index (χ1v) is 5.27. The molecular weight excluding hydrogens is 192 g/mol. The highest BCUT2D eigenvalue weighted by Crippen LogP contribution is 2.38. The van der Waals surface area contributed by atoms with Gasteiger partial charge in [-0.3, -0.25) is 4.68 Å². The zero-order valence-corrected chi connectivity index (χ0v) is 9.53. The summed E-state index contributed by atoms with van der Waals surface area (Å²) >= 11 is 0. The van der Waals surface area contributed by atoms with Crippen LogP contribution in [0.25, 0.3) is 0 Å². The minimum absolute atomic E-state index is 0.261. The van der Waals surface area contributed by atoms with Crippen LogP contribution >= 0.6 is 0 Å². The summed E-state index contributed by atoms with van der Waals surface area (Å²) in [6.07, 6.45) is 4.87. The lowest BCUT2D eigenvalue weighted by Crippen LogP contribution is -2.43. The van der Waals surface area contributed by atoms with E-state index in [1.807, 2.05) is 27.1 Å². The van der Waals surface area contributed by atoms with Crippen LogP contribution in [0.15, 0.2) is 12.4 Å². The molecule has 0 aliphatic carbocycles. The van der Waals surface area contributed by atoms with E-state index in [-0.39, 0.29) is 5.60 Å². The second kappa shape index (κ2) is 3.32. The Morgan fingerprint density at radius 3 is 2.80 bits per heavy atom.